The predicted octanol–water partition coefficient (Wildman–Crippen LogP) is 5.44. The van der Waals surface area contributed by atoms with E-state index in [1.54, 1.807) is 45.2 Å². The molecule has 0 amide bonds. The van der Waals surface area contributed by atoms with Gasteiger partial charge in [0.25, 0.3) is 11.2 Å². The number of aryl methyl sites for hydroxylation is 1. The molecule has 1 aliphatic heterocycles. The van der Waals surface area contributed by atoms with Crippen molar-refractivity contribution < 1.29 is 23.6 Å². The molecule has 222 valence electrons. The number of benzene rings is 3. The topological polar surface area (TPSA) is 126 Å². The van der Waals surface area contributed by atoms with Gasteiger partial charge in [-0.1, -0.05) is 47.7 Å². The summed E-state index contributed by atoms with van der Waals surface area (Å²) in [4.78, 5) is 43.5. The van der Waals surface area contributed by atoms with Crippen LogP contribution in [0.25, 0.3) is 28.2 Å². The van der Waals surface area contributed by atoms with Crippen LogP contribution in [0.2, 0.25) is 0 Å². The van der Waals surface area contributed by atoms with Gasteiger partial charge in [-0.05, 0) is 61.4 Å². The van der Waals surface area contributed by atoms with E-state index in [1.165, 1.54) is 28.0 Å². The standard InChI is InChI=1S/C33H27N3O7S/c1-5-42-32(38)29-19(3)34-33-35(30(29)27-15-14-26(43-27)23-16-21(36(39)40)12-10-18(23)2)31(37)28(44-33)17-24-22-9-7-6-8-20(22)11-13-25(24)41-4/h6-17,30H,5H2,1-4H3/b28-17-/t30-/m0/s1. The summed E-state index contributed by atoms with van der Waals surface area (Å²) in [6.45, 7) is 5.34. The first-order valence-corrected chi connectivity index (χ1v) is 14.6. The number of esters is 1. The number of nitro groups is 1. The molecule has 0 N–H and O–H groups in total. The molecule has 0 unspecified atom stereocenters. The number of carbonyl (C=O) groups is 1. The third-order valence-corrected chi connectivity index (χ3v) is 8.52. The molecule has 3 aromatic carbocycles. The quantitative estimate of drug-likeness (QED) is 0.137. The highest BCUT2D eigenvalue weighted by Gasteiger charge is 2.35. The zero-order valence-corrected chi connectivity index (χ0v) is 25.1. The highest BCUT2D eigenvalue weighted by atomic mass is 32.1. The van der Waals surface area contributed by atoms with E-state index >= 15 is 0 Å². The molecule has 1 aliphatic rings. The Morgan fingerprint density at radius 1 is 1.14 bits per heavy atom. The Hall–Kier alpha value is -5.29. The summed E-state index contributed by atoms with van der Waals surface area (Å²) in [6.07, 6.45) is 1.78. The van der Waals surface area contributed by atoms with Gasteiger partial charge in [-0.25, -0.2) is 9.79 Å². The van der Waals surface area contributed by atoms with Crippen LogP contribution in [0.1, 0.15) is 36.8 Å². The number of aromatic nitrogens is 1. The zero-order valence-electron chi connectivity index (χ0n) is 24.3. The molecule has 0 saturated heterocycles. The van der Waals surface area contributed by atoms with Crippen molar-refractivity contribution in [2.45, 2.75) is 26.8 Å². The number of ether oxygens (including phenoxy) is 2. The lowest BCUT2D eigenvalue weighted by Gasteiger charge is -2.22. The molecule has 6 rings (SSSR count). The minimum atomic E-state index is -0.977. The van der Waals surface area contributed by atoms with Gasteiger partial charge in [0.1, 0.15) is 23.3 Å². The van der Waals surface area contributed by atoms with Gasteiger partial charge in [0.2, 0.25) is 0 Å². The van der Waals surface area contributed by atoms with E-state index in [4.69, 9.17) is 13.9 Å². The number of nitrogens with zero attached hydrogens (tertiary/aromatic N) is 3. The van der Waals surface area contributed by atoms with Crippen LogP contribution in [-0.4, -0.2) is 29.2 Å². The van der Waals surface area contributed by atoms with Crippen LogP contribution in [0.15, 0.2) is 92.2 Å². The molecule has 0 fully saturated rings. The van der Waals surface area contributed by atoms with Crippen molar-refractivity contribution >= 4 is 39.8 Å². The first kappa shape index (κ1) is 28.8. The maximum Gasteiger partial charge on any atom is 0.338 e. The van der Waals surface area contributed by atoms with Gasteiger partial charge in [-0.3, -0.25) is 19.5 Å². The zero-order chi connectivity index (χ0) is 31.1. The molecule has 0 bridgehead atoms. The third kappa shape index (κ3) is 4.90. The van der Waals surface area contributed by atoms with Crippen LogP contribution < -0.4 is 19.6 Å². The van der Waals surface area contributed by atoms with Crippen LogP contribution in [-0.2, 0) is 9.53 Å². The van der Waals surface area contributed by atoms with Crippen LogP contribution in [0, 0.1) is 17.0 Å². The summed E-state index contributed by atoms with van der Waals surface area (Å²) < 4.78 is 19.1. The molecular formula is C33H27N3O7S. The van der Waals surface area contributed by atoms with Gasteiger partial charge >= 0.3 is 5.97 Å². The number of nitro benzene ring substituents is 1. The molecule has 10 nitrogen and oxygen atoms in total. The summed E-state index contributed by atoms with van der Waals surface area (Å²) in [5.74, 6) is 0.644. The minimum absolute atomic E-state index is 0.0802. The summed E-state index contributed by atoms with van der Waals surface area (Å²) in [5.41, 5.74) is 2.16. The Morgan fingerprint density at radius 3 is 2.68 bits per heavy atom. The van der Waals surface area contributed by atoms with E-state index in [1.807, 2.05) is 43.3 Å². The fourth-order valence-electron chi connectivity index (χ4n) is 5.43. The fourth-order valence-corrected chi connectivity index (χ4v) is 6.46. The van der Waals surface area contributed by atoms with Gasteiger partial charge in [0.05, 0.1) is 34.4 Å². The number of thiazole rings is 1. The van der Waals surface area contributed by atoms with Gasteiger partial charge < -0.3 is 13.9 Å². The van der Waals surface area contributed by atoms with Crippen molar-refractivity contribution in [3.8, 4) is 17.1 Å². The molecule has 1 atom stereocenters. The van der Waals surface area contributed by atoms with Crippen molar-refractivity contribution in [2.75, 3.05) is 13.7 Å². The van der Waals surface area contributed by atoms with E-state index in [9.17, 15) is 19.7 Å². The Morgan fingerprint density at radius 2 is 1.93 bits per heavy atom. The third-order valence-electron chi connectivity index (χ3n) is 7.54. The molecule has 44 heavy (non-hydrogen) atoms. The highest BCUT2D eigenvalue weighted by molar-refractivity contribution is 7.07. The largest absolute Gasteiger partial charge is 0.496 e. The normalized spacial score (nSPS) is 14.8. The van der Waals surface area contributed by atoms with Crippen LogP contribution in [0.3, 0.4) is 0 Å². The number of allylic oxidation sites excluding steroid dienone is 1. The van der Waals surface area contributed by atoms with Gasteiger partial charge in [0.15, 0.2) is 4.80 Å². The Labute approximate surface area is 255 Å². The Kier molecular flexibility index (Phi) is 7.48. The number of furan rings is 1. The molecule has 2 aromatic heterocycles. The van der Waals surface area contributed by atoms with Crippen LogP contribution in [0.5, 0.6) is 5.75 Å². The number of non-ortho nitro benzene ring substituents is 1. The lowest BCUT2D eigenvalue weighted by Crippen LogP contribution is -2.39. The molecule has 0 radical (unpaired) electrons. The summed E-state index contributed by atoms with van der Waals surface area (Å²) in [5, 5.41) is 13.4. The Balaban J connectivity index is 1.56. The lowest BCUT2D eigenvalue weighted by molar-refractivity contribution is -0.384. The van der Waals surface area contributed by atoms with Gasteiger partial charge in [-0.2, -0.15) is 0 Å². The fraction of sp³-hybridized carbons (Fsp3) is 0.182. The van der Waals surface area contributed by atoms with Crippen molar-refractivity contribution in [3.63, 3.8) is 0 Å². The number of methoxy groups -OCH3 is 1. The van der Waals surface area contributed by atoms with E-state index < -0.39 is 16.9 Å². The molecule has 0 spiro atoms. The number of hydrogen-bond acceptors (Lipinski definition) is 9. The number of rotatable bonds is 7. The summed E-state index contributed by atoms with van der Waals surface area (Å²) in [7, 11) is 1.58. The average Bonchev–Trinajstić information content (AvgIpc) is 3.61. The molecule has 5 aromatic rings. The van der Waals surface area contributed by atoms with Gasteiger partial charge in [0, 0.05) is 23.3 Å². The predicted molar refractivity (Wildman–Crippen MR) is 166 cm³/mol. The van der Waals surface area contributed by atoms with Crippen molar-refractivity contribution in [1.82, 2.24) is 4.57 Å². The van der Waals surface area contributed by atoms with Crippen LogP contribution in [0.4, 0.5) is 5.69 Å². The van der Waals surface area contributed by atoms with Crippen LogP contribution >= 0.6 is 11.3 Å². The Bertz CT molecular complexity index is 2190. The molecule has 0 aliphatic carbocycles. The second-order valence-corrected chi connectivity index (χ2v) is 11.2. The van der Waals surface area contributed by atoms with Crippen molar-refractivity contribution in [1.29, 1.82) is 0 Å². The second-order valence-electron chi connectivity index (χ2n) is 10.2. The maximum atomic E-state index is 14.2. The minimum Gasteiger partial charge on any atom is -0.496 e. The SMILES string of the molecule is CCOC(=O)C1=C(C)N=c2s/c(=C\c3c(OC)ccc4ccccc34)c(=O)n2[C@H]1c1ccc(-c2cc([N+](=O)[O-])ccc2C)o1. The summed E-state index contributed by atoms with van der Waals surface area (Å²) >= 11 is 1.19. The van der Waals surface area contributed by atoms with Crippen molar-refractivity contribution in [2.24, 2.45) is 4.99 Å². The number of fused-ring (bicyclic) bond motifs is 2. The molecule has 3 heterocycles. The highest BCUT2D eigenvalue weighted by Crippen LogP contribution is 2.36. The van der Waals surface area contributed by atoms with E-state index in [0.717, 1.165) is 21.9 Å². The second kappa shape index (κ2) is 11.4. The van der Waals surface area contributed by atoms with E-state index in [0.29, 0.717) is 37.9 Å². The van der Waals surface area contributed by atoms with Crippen molar-refractivity contribution in [3.05, 3.63) is 125 Å². The first-order chi connectivity index (χ1) is 21.2. The molecule has 0 saturated carbocycles. The maximum absolute atomic E-state index is 14.2. The summed E-state index contributed by atoms with van der Waals surface area (Å²) in [6, 6.07) is 18.5. The molecular weight excluding hydrogens is 582 g/mol. The number of hydrogen-bond donors (Lipinski definition) is 0. The average molecular weight is 610 g/mol. The molecule has 11 heteroatoms. The monoisotopic (exact) mass is 609 g/mol. The van der Waals surface area contributed by atoms with E-state index in [-0.39, 0.29) is 23.4 Å². The lowest BCUT2D eigenvalue weighted by atomic mass is 10.0. The first-order valence-electron chi connectivity index (χ1n) is 13.8. The van der Waals surface area contributed by atoms with E-state index in [2.05, 4.69) is 4.99 Å². The van der Waals surface area contributed by atoms with Gasteiger partial charge in [-0.15, -0.1) is 0 Å². The number of carbonyl (C=O) groups excluding carboxylic acids is 1. The smallest absolute Gasteiger partial charge is 0.338 e.